The van der Waals surface area contributed by atoms with Gasteiger partial charge in [0.2, 0.25) is 0 Å². The van der Waals surface area contributed by atoms with Crippen LogP contribution in [0, 0.1) is 0 Å². The van der Waals surface area contributed by atoms with E-state index in [4.69, 9.17) is 0 Å². The van der Waals surface area contributed by atoms with Crippen molar-refractivity contribution in [3.63, 3.8) is 0 Å². The summed E-state index contributed by atoms with van der Waals surface area (Å²) in [5, 5.41) is 2.43. The molecule has 0 aliphatic rings. The van der Waals surface area contributed by atoms with Crippen LogP contribution >= 0.6 is 0 Å². The Morgan fingerprint density at radius 2 is 0.661 bits per heavy atom. The summed E-state index contributed by atoms with van der Waals surface area (Å²) in [6, 6.07) is 92.1. The summed E-state index contributed by atoms with van der Waals surface area (Å²) in [5.41, 5.74) is 18.6. The third-order valence-corrected chi connectivity index (χ3v) is 12.0. The van der Waals surface area contributed by atoms with Gasteiger partial charge in [-0.1, -0.05) is 212 Å². The lowest BCUT2D eigenvalue weighted by Gasteiger charge is -2.31. The zero-order valence-corrected chi connectivity index (χ0v) is 34.1. The Bertz CT molecular complexity index is 3240. The molecule has 1 heterocycles. The highest BCUT2D eigenvalue weighted by Gasteiger charge is 2.24. The molecule has 0 saturated carbocycles. The number of para-hydroxylation sites is 2. The summed E-state index contributed by atoms with van der Waals surface area (Å²) in [6.07, 6.45) is 0. The Labute approximate surface area is 362 Å². The van der Waals surface area contributed by atoms with Crippen molar-refractivity contribution in [3.05, 3.63) is 255 Å². The maximum absolute atomic E-state index is 2.46. The van der Waals surface area contributed by atoms with Gasteiger partial charge in [0.1, 0.15) is 0 Å². The molecule has 11 rings (SSSR count). The van der Waals surface area contributed by atoms with Crippen LogP contribution in [0.2, 0.25) is 0 Å². The minimum Gasteiger partial charge on any atom is -0.309 e. The number of fused-ring (bicyclic) bond motifs is 3. The Morgan fingerprint density at radius 3 is 1.24 bits per heavy atom. The minimum atomic E-state index is 1.07. The van der Waals surface area contributed by atoms with E-state index in [0.717, 1.165) is 50.5 Å². The molecule has 62 heavy (non-hydrogen) atoms. The average Bonchev–Trinajstić information content (AvgIpc) is 3.69. The highest BCUT2D eigenvalue weighted by atomic mass is 15.1. The van der Waals surface area contributed by atoms with Gasteiger partial charge in [-0.2, -0.15) is 0 Å². The normalized spacial score (nSPS) is 11.2. The molecule has 0 aliphatic heterocycles. The number of nitrogens with zero attached hydrogens (tertiary/aromatic N) is 2. The topological polar surface area (TPSA) is 8.17 Å². The lowest BCUT2D eigenvalue weighted by Crippen LogP contribution is -2.13. The quantitative estimate of drug-likeness (QED) is 0.141. The number of aromatic nitrogens is 1. The van der Waals surface area contributed by atoms with Crippen LogP contribution in [-0.2, 0) is 0 Å². The van der Waals surface area contributed by atoms with Gasteiger partial charge >= 0.3 is 0 Å². The molecule has 0 unspecified atom stereocenters. The van der Waals surface area contributed by atoms with Crippen molar-refractivity contribution in [1.82, 2.24) is 4.57 Å². The fraction of sp³-hybridized carbons (Fsp3) is 0. The van der Waals surface area contributed by atoms with Gasteiger partial charge in [-0.3, -0.25) is 0 Å². The molecule has 0 atom stereocenters. The Morgan fingerprint density at radius 1 is 0.258 bits per heavy atom. The monoisotopic (exact) mass is 790 g/mol. The summed E-state index contributed by atoms with van der Waals surface area (Å²) in [6.45, 7) is 0. The van der Waals surface area contributed by atoms with Crippen LogP contribution in [0.3, 0.4) is 0 Å². The molecule has 0 fully saturated rings. The summed E-state index contributed by atoms with van der Waals surface area (Å²) in [5.74, 6) is 0. The smallest absolute Gasteiger partial charge is 0.0618 e. The number of hydrogen-bond acceptors (Lipinski definition) is 1. The predicted octanol–water partition coefficient (Wildman–Crippen LogP) is 16.6. The first-order valence-electron chi connectivity index (χ1n) is 21.3. The lowest BCUT2D eigenvalue weighted by atomic mass is 9.94. The van der Waals surface area contributed by atoms with Crippen molar-refractivity contribution < 1.29 is 0 Å². The van der Waals surface area contributed by atoms with Crippen LogP contribution in [0.15, 0.2) is 255 Å². The van der Waals surface area contributed by atoms with Crippen molar-refractivity contribution >= 4 is 38.9 Å². The third kappa shape index (κ3) is 6.74. The zero-order chi connectivity index (χ0) is 41.2. The summed E-state index contributed by atoms with van der Waals surface area (Å²) in [4.78, 5) is 2.46. The average molecular weight is 791 g/mol. The molecule has 0 saturated heterocycles. The first-order valence-corrected chi connectivity index (χ1v) is 21.3. The highest BCUT2D eigenvalue weighted by molar-refractivity contribution is 6.11. The molecule has 11 aromatic rings. The molecule has 0 N–H and O–H groups in total. The largest absolute Gasteiger partial charge is 0.309 e. The van der Waals surface area contributed by atoms with Crippen LogP contribution in [0.4, 0.5) is 17.1 Å². The van der Waals surface area contributed by atoms with Gasteiger partial charge in [0.15, 0.2) is 0 Å². The van der Waals surface area contributed by atoms with Gasteiger partial charge in [-0.05, 0) is 87.0 Å². The fourth-order valence-corrected chi connectivity index (χ4v) is 9.10. The zero-order valence-electron chi connectivity index (χ0n) is 34.1. The molecule has 292 valence electrons. The molecule has 10 aromatic carbocycles. The van der Waals surface area contributed by atoms with Crippen molar-refractivity contribution in [2.75, 3.05) is 4.90 Å². The summed E-state index contributed by atoms with van der Waals surface area (Å²) >= 11 is 0. The predicted molar refractivity (Wildman–Crippen MR) is 263 cm³/mol. The molecular weight excluding hydrogens is 749 g/mol. The van der Waals surface area contributed by atoms with E-state index in [1.165, 1.54) is 49.7 Å². The SMILES string of the molecule is c1ccc(-c2ccc(N(c3ccc4c5ccccc5n(-c5ccc(-c6ccccc6-c6ccccc6)cc5)c4c3)c3c(-c4ccccc4)cccc3-c3ccccc3)cc2)cc1. The highest BCUT2D eigenvalue weighted by Crippen LogP contribution is 2.48. The second kappa shape index (κ2) is 16.1. The van der Waals surface area contributed by atoms with E-state index in [1.54, 1.807) is 0 Å². The van der Waals surface area contributed by atoms with Crippen LogP contribution in [-0.4, -0.2) is 4.57 Å². The molecule has 2 heteroatoms. The number of rotatable bonds is 9. The molecule has 0 bridgehead atoms. The van der Waals surface area contributed by atoms with E-state index in [2.05, 4.69) is 264 Å². The first-order chi connectivity index (χ1) is 30.8. The van der Waals surface area contributed by atoms with E-state index in [1.807, 2.05) is 0 Å². The fourth-order valence-electron chi connectivity index (χ4n) is 9.10. The van der Waals surface area contributed by atoms with Gasteiger partial charge in [0.05, 0.1) is 16.7 Å². The second-order valence-electron chi connectivity index (χ2n) is 15.7. The second-order valence-corrected chi connectivity index (χ2v) is 15.7. The van der Waals surface area contributed by atoms with Gasteiger partial charge in [-0.15, -0.1) is 0 Å². The molecule has 1 aromatic heterocycles. The Balaban J connectivity index is 1.13. The maximum Gasteiger partial charge on any atom is 0.0618 e. The van der Waals surface area contributed by atoms with E-state index in [-0.39, 0.29) is 0 Å². The van der Waals surface area contributed by atoms with Gasteiger partial charge in [0.25, 0.3) is 0 Å². The lowest BCUT2D eigenvalue weighted by molar-refractivity contribution is 1.18. The first kappa shape index (κ1) is 36.8. The van der Waals surface area contributed by atoms with Crippen molar-refractivity contribution in [1.29, 1.82) is 0 Å². The molecule has 0 spiro atoms. The standard InChI is InChI=1S/C60H42N2/c1-5-18-43(19-6-1)44-32-36-49(37-33-44)61(60-54(46-22-9-3-10-23-46)29-17-30-55(60)47-24-11-4-12-25-47)51-40-41-57-56-28-15-16-31-58(56)62(59(57)42-51)50-38-34-48(35-39-50)53-27-14-13-26-52(53)45-20-7-2-8-21-45/h1-42H. The van der Waals surface area contributed by atoms with Crippen LogP contribution in [0.5, 0.6) is 0 Å². The summed E-state index contributed by atoms with van der Waals surface area (Å²) in [7, 11) is 0. The van der Waals surface area contributed by atoms with Crippen molar-refractivity contribution in [2.45, 2.75) is 0 Å². The van der Waals surface area contributed by atoms with Gasteiger partial charge in [-0.25, -0.2) is 0 Å². The molecule has 0 amide bonds. The number of anilines is 3. The van der Waals surface area contributed by atoms with Crippen LogP contribution in [0.1, 0.15) is 0 Å². The minimum absolute atomic E-state index is 1.07. The molecular formula is C60H42N2. The van der Waals surface area contributed by atoms with E-state index in [9.17, 15) is 0 Å². The van der Waals surface area contributed by atoms with Crippen LogP contribution < -0.4 is 4.90 Å². The maximum atomic E-state index is 2.46. The Kier molecular flexibility index (Phi) is 9.57. The van der Waals surface area contributed by atoms with E-state index < -0.39 is 0 Å². The number of hydrogen-bond donors (Lipinski definition) is 0. The van der Waals surface area contributed by atoms with E-state index >= 15 is 0 Å². The van der Waals surface area contributed by atoms with Gasteiger partial charge in [0, 0.05) is 39.0 Å². The Hall–Kier alpha value is -8.20. The van der Waals surface area contributed by atoms with Gasteiger partial charge < -0.3 is 9.47 Å². The molecule has 2 nitrogen and oxygen atoms in total. The molecule has 0 radical (unpaired) electrons. The van der Waals surface area contributed by atoms with Crippen LogP contribution in [0.25, 0.3) is 83.1 Å². The third-order valence-electron chi connectivity index (χ3n) is 12.0. The van der Waals surface area contributed by atoms with Crippen molar-refractivity contribution in [3.8, 4) is 61.3 Å². The van der Waals surface area contributed by atoms with E-state index in [0.29, 0.717) is 0 Å². The summed E-state index contributed by atoms with van der Waals surface area (Å²) < 4.78 is 2.43. The number of benzene rings is 10. The molecule has 0 aliphatic carbocycles. The van der Waals surface area contributed by atoms with Crippen molar-refractivity contribution in [2.24, 2.45) is 0 Å².